The van der Waals surface area contributed by atoms with Crippen LogP contribution in [0.3, 0.4) is 0 Å². The number of benzene rings is 4. The third kappa shape index (κ3) is 4.66. The van der Waals surface area contributed by atoms with Crippen LogP contribution in [0.15, 0.2) is 119 Å². The summed E-state index contributed by atoms with van der Waals surface area (Å²) in [6, 6.07) is 34.5. The lowest BCUT2D eigenvalue weighted by atomic mass is 10.2. The lowest BCUT2D eigenvalue weighted by molar-refractivity contribution is 0.464. The molecule has 5 aromatic carbocycles. The summed E-state index contributed by atoms with van der Waals surface area (Å²) in [6.07, 6.45) is 0. The van der Waals surface area contributed by atoms with Crippen molar-refractivity contribution in [2.75, 3.05) is 16.0 Å². The molecule has 0 bridgehead atoms. The van der Waals surface area contributed by atoms with Crippen LogP contribution in [0.1, 0.15) is 0 Å². The fourth-order valence-electron chi connectivity index (χ4n) is 3.52. The van der Waals surface area contributed by atoms with Gasteiger partial charge in [0.05, 0.1) is 5.69 Å². The van der Waals surface area contributed by atoms with Crippen LogP contribution in [0.25, 0.3) is 0 Å². The van der Waals surface area contributed by atoms with Gasteiger partial charge in [-0.3, -0.25) is 4.79 Å². The van der Waals surface area contributed by atoms with Crippen LogP contribution in [0.2, 0.25) is 0 Å². The number of hydrogen-bond acceptors (Lipinski definition) is 6. The molecule has 0 fully saturated rings. The zero-order valence-corrected chi connectivity index (χ0v) is 18.2. The normalized spacial score (nSPS) is 11.4. The predicted octanol–water partition coefficient (Wildman–Crippen LogP) is 6.09. The molecule has 5 aromatic rings. The molecule has 6 nitrogen and oxygen atoms in total. The Balaban J connectivity index is 1.26. The molecule has 0 aromatic heterocycles. The van der Waals surface area contributed by atoms with Gasteiger partial charge >= 0.3 is 0 Å². The maximum Gasteiger partial charge on any atom is 0.235 e. The van der Waals surface area contributed by atoms with Crippen LogP contribution >= 0.6 is 0 Å². The van der Waals surface area contributed by atoms with Crippen LogP contribution in [-0.2, 0) is 0 Å². The Morgan fingerprint density at radius 2 is 0.941 bits per heavy atom. The highest BCUT2D eigenvalue weighted by Gasteiger charge is 2.18. The van der Waals surface area contributed by atoms with Crippen LogP contribution in [0.5, 0.6) is 5.75 Å². The fourth-order valence-corrected chi connectivity index (χ4v) is 3.52. The minimum Gasteiger partial charge on any atom is -0.504 e. The van der Waals surface area contributed by atoms with E-state index in [2.05, 4.69) is 20.9 Å². The van der Waals surface area contributed by atoms with Crippen molar-refractivity contribution < 1.29 is 5.11 Å². The van der Waals surface area contributed by atoms with Crippen LogP contribution in [-0.4, -0.2) is 5.11 Å². The first-order valence-corrected chi connectivity index (χ1v) is 10.8. The second kappa shape index (κ2) is 9.34. The van der Waals surface area contributed by atoms with Crippen LogP contribution in [0, 0.1) is 0 Å². The summed E-state index contributed by atoms with van der Waals surface area (Å²) in [6.45, 7) is 0. The average molecular weight is 447 g/mol. The maximum atomic E-state index is 12.6. The Bertz CT molecular complexity index is 1470. The van der Waals surface area contributed by atoms with Gasteiger partial charge in [-0.05, 0) is 72.8 Å². The third-order valence-electron chi connectivity index (χ3n) is 5.29. The number of rotatable bonds is 7. The number of nitrogens with zero attached hydrogens (tertiary/aromatic N) is 1. The topological polar surface area (TPSA) is 85.8 Å². The van der Waals surface area contributed by atoms with Crippen molar-refractivity contribution in [3.8, 4) is 5.75 Å². The average Bonchev–Trinajstić information content (AvgIpc) is 2.89. The Labute approximate surface area is 196 Å². The van der Waals surface area contributed by atoms with Gasteiger partial charge in [0.25, 0.3) is 0 Å². The highest BCUT2D eigenvalue weighted by atomic mass is 16.3. The summed E-state index contributed by atoms with van der Waals surface area (Å²) >= 11 is 0. The molecule has 34 heavy (non-hydrogen) atoms. The van der Waals surface area contributed by atoms with E-state index in [1.165, 1.54) is 0 Å². The zero-order valence-electron chi connectivity index (χ0n) is 18.2. The minimum absolute atomic E-state index is 0.0497. The molecular weight excluding hydrogens is 424 g/mol. The first-order chi connectivity index (χ1) is 16.7. The molecule has 4 N–H and O–H groups in total. The van der Waals surface area contributed by atoms with Gasteiger partial charge in [-0.25, -0.2) is 4.99 Å². The molecule has 0 saturated carbocycles. The maximum absolute atomic E-state index is 12.6. The molecule has 0 radical (unpaired) electrons. The fraction of sp³-hybridized carbons (Fsp3) is 0. The molecule has 0 unspecified atom stereocenters. The molecular formula is C28H22N4O2. The molecule has 0 aliphatic carbocycles. The first kappa shape index (κ1) is 21.0. The van der Waals surface area contributed by atoms with Crippen molar-refractivity contribution in [3.05, 3.63) is 125 Å². The third-order valence-corrected chi connectivity index (χ3v) is 5.29. The lowest BCUT2D eigenvalue weighted by Gasteiger charge is -2.12. The SMILES string of the molecule is O=c1c(Nc2ccc(Nc3ccccc3)cc2)c(O)/c1=N/c1ccc(Nc2ccccc2)cc1. The van der Waals surface area contributed by atoms with E-state index in [0.29, 0.717) is 11.4 Å². The lowest BCUT2D eigenvalue weighted by Crippen LogP contribution is -2.33. The molecule has 0 atom stereocenters. The van der Waals surface area contributed by atoms with E-state index in [1.54, 1.807) is 12.1 Å². The second-order valence-electron chi connectivity index (χ2n) is 7.74. The largest absolute Gasteiger partial charge is 0.504 e. The first-order valence-electron chi connectivity index (χ1n) is 10.8. The molecule has 0 spiro atoms. The zero-order chi connectivity index (χ0) is 23.3. The molecule has 166 valence electrons. The summed E-state index contributed by atoms with van der Waals surface area (Å²) in [5, 5.41) is 20.0. The monoisotopic (exact) mass is 446 g/mol. The molecule has 5 rings (SSSR count). The highest BCUT2D eigenvalue weighted by molar-refractivity contribution is 5.71. The van der Waals surface area contributed by atoms with Crippen molar-refractivity contribution in [1.29, 1.82) is 0 Å². The van der Waals surface area contributed by atoms with Crippen molar-refractivity contribution in [2.45, 2.75) is 0 Å². The Morgan fingerprint density at radius 3 is 1.41 bits per heavy atom. The van der Waals surface area contributed by atoms with Gasteiger partial charge in [0.2, 0.25) is 5.43 Å². The van der Waals surface area contributed by atoms with Crippen molar-refractivity contribution in [2.24, 2.45) is 4.99 Å². The number of aromatic hydroxyl groups is 1. The minimum atomic E-state index is -0.324. The van der Waals surface area contributed by atoms with E-state index in [4.69, 9.17) is 0 Å². The summed E-state index contributed by atoms with van der Waals surface area (Å²) in [5.41, 5.74) is 4.90. The van der Waals surface area contributed by atoms with Crippen molar-refractivity contribution >= 4 is 39.8 Å². The number of anilines is 6. The summed E-state index contributed by atoms with van der Waals surface area (Å²) in [7, 11) is 0. The van der Waals surface area contributed by atoms with Gasteiger partial charge < -0.3 is 21.1 Å². The van der Waals surface area contributed by atoms with Gasteiger partial charge in [-0.1, -0.05) is 36.4 Å². The standard InChI is InChI=1S/C28H22N4O2/c33-27-25(31-23-15-11-21(12-16-23)29-19-7-3-1-4-8-19)28(34)26(27)32-24-17-13-22(14-18-24)30-20-9-5-2-6-10-20/h1-18,29-31,33H/b32-26-. The summed E-state index contributed by atoms with van der Waals surface area (Å²) < 4.78 is 0. The van der Waals surface area contributed by atoms with E-state index in [1.807, 2.05) is 97.1 Å². The van der Waals surface area contributed by atoms with E-state index < -0.39 is 0 Å². The van der Waals surface area contributed by atoms with Crippen LogP contribution < -0.4 is 26.7 Å². The smallest absolute Gasteiger partial charge is 0.235 e. The summed E-state index contributed by atoms with van der Waals surface area (Å²) in [4.78, 5) is 16.9. The number of nitrogens with one attached hydrogen (secondary N) is 3. The Hall–Kier alpha value is -4.84. The molecule has 0 amide bonds. The Kier molecular flexibility index (Phi) is 5.78. The van der Waals surface area contributed by atoms with Gasteiger partial charge in [-0.15, -0.1) is 0 Å². The molecule has 0 aliphatic rings. The van der Waals surface area contributed by atoms with Crippen molar-refractivity contribution in [1.82, 2.24) is 0 Å². The molecule has 6 heteroatoms. The van der Waals surface area contributed by atoms with Gasteiger partial charge in [0, 0.05) is 28.4 Å². The number of hydrogen-bond donors (Lipinski definition) is 4. The Morgan fingerprint density at radius 1 is 0.529 bits per heavy atom. The summed E-state index contributed by atoms with van der Waals surface area (Å²) in [5.74, 6) is -0.136. The molecule has 0 aliphatic heterocycles. The van der Waals surface area contributed by atoms with Gasteiger partial charge in [0.15, 0.2) is 11.1 Å². The highest BCUT2D eigenvalue weighted by Crippen LogP contribution is 2.25. The predicted molar refractivity (Wildman–Crippen MR) is 138 cm³/mol. The number of para-hydroxylation sites is 2. The van der Waals surface area contributed by atoms with E-state index in [9.17, 15) is 9.90 Å². The van der Waals surface area contributed by atoms with E-state index in [0.717, 1.165) is 22.7 Å². The molecule has 0 heterocycles. The van der Waals surface area contributed by atoms with Crippen LogP contribution in [0.4, 0.5) is 39.8 Å². The van der Waals surface area contributed by atoms with Crippen molar-refractivity contribution in [3.63, 3.8) is 0 Å². The second-order valence-corrected chi connectivity index (χ2v) is 7.74. The quantitative estimate of drug-likeness (QED) is 0.243. The van der Waals surface area contributed by atoms with E-state index >= 15 is 0 Å². The molecule has 0 saturated heterocycles. The van der Waals surface area contributed by atoms with Gasteiger partial charge in [-0.2, -0.15) is 0 Å². The van der Waals surface area contributed by atoms with Gasteiger partial charge in [0.1, 0.15) is 5.69 Å². The van der Waals surface area contributed by atoms with E-state index in [-0.39, 0.29) is 22.2 Å².